The largest absolute Gasteiger partial charge is 0.456 e. The monoisotopic (exact) mass is 575 g/mol. The van der Waals surface area contributed by atoms with E-state index < -0.39 is 5.41 Å². The maximum atomic E-state index is 6.90. The minimum absolute atomic E-state index is 0.602. The van der Waals surface area contributed by atoms with Crippen LogP contribution in [0.2, 0.25) is 0 Å². The Morgan fingerprint density at radius 3 is 1.53 bits per heavy atom. The van der Waals surface area contributed by atoms with Gasteiger partial charge in [0, 0.05) is 33.4 Å². The lowest BCUT2D eigenvalue weighted by Gasteiger charge is -2.35. The lowest BCUT2D eigenvalue weighted by atomic mass is 9.67. The molecular formula is C43H29NO. The number of furan rings is 1. The van der Waals surface area contributed by atoms with Crippen molar-refractivity contribution in [2.24, 2.45) is 0 Å². The Morgan fingerprint density at radius 2 is 0.911 bits per heavy atom. The number of benzene rings is 7. The first-order chi connectivity index (χ1) is 22.3. The molecule has 2 heteroatoms. The summed E-state index contributed by atoms with van der Waals surface area (Å²) in [6.45, 7) is 0. The van der Waals surface area contributed by atoms with Gasteiger partial charge >= 0.3 is 0 Å². The van der Waals surface area contributed by atoms with Crippen LogP contribution in [0.15, 0.2) is 180 Å². The first-order valence-corrected chi connectivity index (χ1v) is 15.4. The second-order valence-electron chi connectivity index (χ2n) is 11.7. The molecule has 1 aliphatic rings. The molecule has 0 N–H and O–H groups in total. The van der Waals surface area contributed by atoms with E-state index in [1.54, 1.807) is 0 Å². The molecule has 1 heterocycles. The van der Waals surface area contributed by atoms with Gasteiger partial charge in [-0.05, 0) is 70.3 Å². The van der Waals surface area contributed by atoms with Crippen LogP contribution in [0.1, 0.15) is 22.3 Å². The van der Waals surface area contributed by atoms with Crippen molar-refractivity contribution in [2.75, 3.05) is 4.90 Å². The van der Waals surface area contributed by atoms with Gasteiger partial charge in [-0.3, -0.25) is 0 Å². The minimum atomic E-state index is -0.602. The zero-order valence-electron chi connectivity index (χ0n) is 24.6. The second kappa shape index (κ2) is 10.1. The maximum absolute atomic E-state index is 6.90. The standard InChI is InChI=1S/C43H29NO/c1-4-16-30(17-5-1)43(38-25-13-10-22-34(38)35-23-11-14-26-39(35)43)40-29-33(28-37-36-24-12-15-27-41(36)45-42(37)40)44(31-18-6-2-7-19-31)32-20-8-3-9-21-32/h1-29H. The lowest BCUT2D eigenvalue weighted by molar-refractivity contribution is 0.648. The van der Waals surface area contributed by atoms with Crippen LogP contribution >= 0.6 is 0 Å². The Morgan fingerprint density at radius 1 is 0.400 bits per heavy atom. The molecule has 0 saturated carbocycles. The van der Waals surface area contributed by atoms with Crippen molar-refractivity contribution in [1.82, 2.24) is 0 Å². The van der Waals surface area contributed by atoms with Crippen molar-refractivity contribution >= 4 is 39.0 Å². The molecule has 0 radical (unpaired) electrons. The van der Waals surface area contributed by atoms with Crippen LogP contribution in [0.3, 0.4) is 0 Å². The van der Waals surface area contributed by atoms with E-state index in [9.17, 15) is 0 Å². The summed E-state index contributed by atoms with van der Waals surface area (Å²) < 4.78 is 6.90. The third-order valence-corrected chi connectivity index (χ3v) is 9.31. The molecule has 0 atom stereocenters. The molecular weight excluding hydrogens is 546 g/mol. The summed E-state index contributed by atoms with van der Waals surface area (Å²) in [7, 11) is 0. The fraction of sp³-hybridized carbons (Fsp3) is 0.0233. The topological polar surface area (TPSA) is 16.4 Å². The van der Waals surface area contributed by atoms with Crippen LogP contribution in [0.4, 0.5) is 17.1 Å². The van der Waals surface area contributed by atoms with Gasteiger partial charge in [0.25, 0.3) is 0 Å². The van der Waals surface area contributed by atoms with E-state index in [1.807, 2.05) is 0 Å². The molecule has 2 nitrogen and oxygen atoms in total. The average Bonchev–Trinajstić information content (AvgIpc) is 3.64. The molecule has 45 heavy (non-hydrogen) atoms. The highest BCUT2D eigenvalue weighted by atomic mass is 16.3. The summed E-state index contributed by atoms with van der Waals surface area (Å²) in [4.78, 5) is 2.36. The molecule has 0 amide bonds. The van der Waals surface area contributed by atoms with Crippen LogP contribution in [0.25, 0.3) is 33.1 Å². The van der Waals surface area contributed by atoms with Crippen LogP contribution < -0.4 is 4.90 Å². The van der Waals surface area contributed by atoms with Gasteiger partial charge in [-0.25, -0.2) is 0 Å². The minimum Gasteiger partial charge on any atom is -0.456 e. The number of nitrogens with zero attached hydrogens (tertiary/aromatic N) is 1. The van der Waals surface area contributed by atoms with E-state index in [0.29, 0.717) is 0 Å². The summed E-state index contributed by atoms with van der Waals surface area (Å²) in [5.74, 6) is 0. The predicted molar refractivity (Wildman–Crippen MR) is 186 cm³/mol. The van der Waals surface area contributed by atoms with Gasteiger partial charge in [-0.2, -0.15) is 0 Å². The van der Waals surface area contributed by atoms with Gasteiger partial charge < -0.3 is 9.32 Å². The van der Waals surface area contributed by atoms with Crippen LogP contribution in [-0.2, 0) is 5.41 Å². The summed E-state index contributed by atoms with van der Waals surface area (Å²) in [5, 5.41) is 2.21. The molecule has 9 rings (SSSR count). The van der Waals surface area contributed by atoms with E-state index in [4.69, 9.17) is 4.42 Å². The van der Waals surface area contributed by atoms with E-state index in [-0.39, 0.29) is 0 Å². The molecule has 1 aromatic heterocycles. The molecule has 1 aliphatic carbocycles. The third-order valence-electron chi connectivity index (χ3n) is 9.31. The number of hydrogen-bond donors (Lipinski definition) is 0. The summed E-state index contributed by atoms with van der Waals surface area (Å²) in [5.41, 5.74) is 11.9. The van der Waals surface area contributed by atoms with Crippen molar-refractivity contribution in [3.05, 3.63) is 198 Å². The van der Waals surface area contributed by atoms with Crippen molar-refractivity contribution in [3.8, 4) is 11.1 Å². The molecule has 0 spiro atoms. The fourth-order valence-electron chi connectivity index (χ4n) is 7.50. The molecule has 7 aromatic carbocycles. The van der Waals surface area contributed by atoms with Crippen molar-refractivity contribution in [2.45, 2.75) is 5.41 Å². The number of para-hydroxylation sites is 3. The second-order valence-corrected chi connectivity index (χ2v) is 11.7. The molecule has 0 saturated heterocycles. The third kappa shape index (κ3) is 3.76. The van der Waals surface area contributed by atoms with Crippen molar-refractivity contribution in [1.29, 1.82) is 0 Å². The Labute approximate surface area is 262 Å². The highest BCUT2D eigenvalue weighted by molar-refractivity contribution is 6.09. The maximum Gasteiger partial charge on any atom is 0.140 e. The quantitative estimate of drug-likeness (QED) is 0.203. The highest BCUT2D eigenvalue weighted by Gasteiger charge is 2.48. The molecule has 0 aliphatic heterocycles. The lowest BCUT2D eigenvalue weighted by Crippen LogP contribution is -2.29. The van der Waals surface area contributed by atoms with Gasteiger partial charge in [-0.1, -0.05) is 133 Å². The number of anilines is 3. The molecule has 8 aromatic rings. The van der Waals surface area contributed by atoms with Crippen molar-refractivity contribution < 1.29 is 4.42 Å². The average molecular weight is 576 g/mol. The zero-order chi connectivity index (χ0) is 29.8. The van der Waals surface area contributed by atoms with Crippen LogP contribution in [0, 0.1) is 0 Å². The Bertz CT molecular complexity index is 2240. The Kier molecular flexibility index (Phi) is 5.76. The number of rotatable bonds is 5. The first kappa shape index (κ1) is 25.6. The predicted octanol–water partition coefficient (Wildman–Crippen LogP) is 11.4. The molecule has 0 bridgehead atoms. The van der Waals surface area contributed by atoms with Crippen molar-refractivity contribution in [3.63, 3.8) is 0 Å². The summed E-state index contributed by atoms with van der Waals surface area (Å²) in [6, 6.07) is 63.1. The summed E-state index contributed by atoms with van der Waals surface area (Å²) in [6.07, 6.45) is 0. The zero-order valence-corrected chi connectivity index (χ0v) is 24.6. The van der Waals surface area contributed by atoms with Gasteiger partial charge in [0.05, 0.1) is 5.41 Å². The molecule has 212 valence electrons. The normalized spacial score (nSPS) is 13.1. The highest BCUT2D eigenvalue weighted by Crippen LogP contribution is 2.58. The fourth-order valence-corrected chi connectivity index (χ4v) is 7.50. The smallest absolute Gasteiger partial charge is 0.140 e. The van der Waals surface area contributed by atoms with E-state index in [2.05, 4.69) is 181 Å². The number of hydrogen-bond acceptors (Lipinski definition) is 2. The Balaban J connectivity index is 1.47. The van der Waals surface area contributed by atoms with E-state index in [0.717, 1.165) is 44.6 Å². The van der Waals surface area contributed by atoms with Crippen LogP contribution in [0.5, 0.6) is 0 Å². The summed E-state index contributed by atoms with van der Waals surface area (Å²) >= 11 is 0. The van der Waals surface area contributed by atoms with Gasteiger partial charge in [-0.15, -0.1) is 0 Å². The SMILES string of the molecule is c1ccc(N(c2ccccc2)c2cc(C3(c4ccccc4)c4ccccc4-c4ccccc43)c3oc4ccccc4c3c2)cc1. The first-order valence-electron chi connectivity index (χ1n) is 15.4. The molecule has 0 fully saturated rings. The van der Waals surface area contributed by atoms with Crippen LogP contribution in [-0.4, -0.2) is 0 Å². The van der Waals surface area contributed by atoms with Gasteiger partial charge in [0.1, 0.15) is 11.2 Å². The van der Waals surface area contributed by atoms with Gasteiger partial charge in [0.15, 0.2) is 0 Å². The Hall–Kier alpha value is -5.86. The number of fused-ring (bicyclic) bond motifs is 6. The molecule has 0 unspecified atom stereocenters. The van der Waals surface area contributed by atoms with Gasteiger partial charge in [0.2, 0.25) is 0 Å². The van der Waals surface area contributed by atoms with E-state index in [1.165, 1.54) is 27.8 Å². The van der Waals surface area contributed by atoms with E-state index >= 15 is 0 Å².